The maximum Gasteiger partial charge on any atom is 0.338 e. The quantitative estimate of drug-likeness (QED) is 0.604. The molecule has 0 fully saturated rings. The van der Waals surface area contributed by atoms with Gasteiger partial charge in [0.1, 0.15) is 0 Å². The molecule has 0 saturated carbocycles. The van der Waals surface area contributed by atoms with Gasteiger partial charge in [0.05, 0.1) is 11.8 Å². The number of amides is 2. The van der Waals surface area contributed by atoms with Crippen molar-refractivity contribution in [1.29, 1.82) is 0 Å². The number of likely N-dealkylation sites (N-methyl/N-ethyl adjacent to an activating group) is 1. The summed E-state index contributed by atoms with van der Waals surface area (Å²) in [5.74, 6) is -1.12. The van der Waals surface area contributed by atoms with Crippen LogP contribution in [0, 0.1) is 0 Å². The van der Waals surface area contributed by atoms with E-state index < -0.39 is 18.0 Å². The van der Waals surface area contributed by atoms with Gasteiger partial charge in [-0.25, -0.2) is 4.79 Å². The molecule has 0 aliphatic heterocycles. The third-order valence-corrected chi connectivity index (χ3v) is 4.39. The van der Waals surface area contributed by atoms with Crippen LogP contribution in [0.4, 0.5) is 5.69 Å². The van der Waals surface area contributed by atoms with Crippen LogP contribution in [-0.4, -0.2) is 35.8 Å². The van der Waals surface area contributed by atoms with Crippen molar-refractivity contribution in [1.82, 2.24) is 4.90 Å². The lowest BCUT2D eigenvalue weighted by atomic mass is 10.2. The van der Waals surface area contributed by atoms with Gasteiger partial charge in [0.25, 0.3) is 11.8 Å². The van der Waals surface area contributed by atoms with E-state index in [9.17, 15) is 14.4 Å². The molecular formula is C23H22N2O5. The summed E-state index contributed by atoms with van der Waals surface area (Å²) >= 11 is 0. The number of carbonyl (C=O) groups excluding carboxylic acids is 3. The molecule has 0 aliphatic rings. The van der Waals surface area contributed by atoms with Gasteiger partial charge in [-0.15, -0.1) is 0 Å². The minimum atomic E-state index is -0.926. The van der Waals surface area contributed by atoms with Crippen molar-refractivity contribution in [2.45, 2.75) is 19.6 Å². The zero-order valence-corrected chi connectivity index (χ0v) is 16.7. The fourth-order valence-corrected chi connectivity index (χ4v) is 2.81. The molecule has 30 heavy (non-hydrogen) atoms. The van der Waals surface area contributed by atoms with Crippen LogP contribution >= 0.6 is 0 Å². The monoisotopic (exact) mass is 406 g/mol. The number of rotatable bonds is 7. The normalized spacial score (nSPS) is 11.4. The zero-order valence-electron chi connectivity index (χ0n) is 16.7. The molecule has 7 heteroatoms. The third-order valence-electron chi connectivity index (χ3n) is 4.39. The number of furan rings is 1. The Morgan fingerprint density at radius 1 is 1.00 bits per heavy atom. The molecule has 1 atom stereocenters. The number of ether oxygens (including phenoxy) is 1. The Morgan fingerprint density at radius 2 is 1.70 bits per heavy atom. The topological polar surface area (TPSA) is 88.8 Å². The second-order valence-corrected chi connectivity index (χ2v) is 6.74. The molecule has 3 aromatic rings. The average molecular weight is 406 g/mol. The fraction of sp³-hybridized carbons (Fsp3) is 0.174. The highest BCUT2D eigenvalue weighted by molar-refractivity contribution is 6.02. The second kappa shape index (κ2) is 9.56. The van der Waals surface area contributed by atoms with Gasteiger partial charge in [-0.2, -0.15) is 0 Å². The standard InChI is InChI=1S/C23H22N2O5/c1-16(22(27)25(2)15-17-7-4-3-5-8-17)30-23(28)18-10-12-19(13-11-18)24-21(26)20-9-6-14-29-20/h3-14,16H,15H2,1-2H3,(H,24,26)/t16-/m0/s1. The predicted molar refractivity (Wildman–Crippen MR) is 111 cm³/mol. The van der Waals surface area contributed by atoms with Gasteiger partial charge in [-0.05, 0) is 48.9 Å². The molecule has 1 aromatic heterocycles. The lowest BCUT2D eigenvalue weighted by Crippen LogP contribution is -2.37. The number of nitrogens with zero attached hydrogens (tertiary/aromatic N) is 1. The van der Waals surface area contributed by atoms with Crippen molar-refractivity contribution in [2.75, 3.05) is 12.4 Å². The molecule has 0 saturated heterocycles. The van der Waals surface area contributed by atoms with E-state index in [-0.39, 0.29) is 17.2 Å². The summed E-state index contributed by atoms with van der Waals surface area (Å²) in [5, 5.41) is 2.66. The third kappa shape index (κ3) is 5.35. The summed E-state index contributed by atoms with van der Waals surface area (Å²) in [5.41, 5.74) is 1.76. The van der Waals surface area contributed by atoms with Crippen LogP contribution < -0.4 is 5.32 Å². The van der Waals surface area contributed by atoms with Crippen molar-refractivity contribution in [3.05, 3.63) is 89.9 Å². The number of anilines is 1. The van der Waals surface area contributed by atoms with Crippen LogP contribution in [0.5, 0.6) is 0 Å². The molecule has 1 N–H and O–H groups in total. The van der Waals surface area contributed by atoms with Crippen LogP contribution in [0.3, 0.4) is 0 Å². The minimum Gasteiger partial charge on any atom is -0.459 e. The first-order valence-electron chi connectivity index (χ1n) is 9.39. The number of nitrogens with one attached hydrogen (secondary N) is 1. The number of benzene rings is 2. The molecule has 3 rings (SSSR count). The van der Waals surface area contributed by atoms with E-state index in [1.807, 2.05) is 30.3 Å². The van der Waals surface area contributed by atoms with Crippen molar-refractivity contribution in [3.8, 4) is 0 Å². The first-order chi connectivity index (χ1) is 14.4. The van der Waals surface area contributed by atoms with Crippen molar-refractivity contribution in [2.24, 2.45) is 0 Å². The van der Waals surface area contributed by atoms with E-state index in [1.54, 1.807) is 38.2 Å². The summed E-state index contributed by atoms with van der Waals surface area (Å²) in [6.45, 7) is 1.96. The molecule has 0 bridgehead atoms. The van der Waals surface area contributed by atoms with Crippen molar-refractivity contribution < 1.29 is 23.5 Å². The van der Waals surface area contributed by atoms with Crippen molar-refractivity contribution in [3.63, 3.8) is 0 Å². The average Bonchev–Trinajstić information content (AvgIpc) is 3.29. The van der Waals surface area contributed by atoms with Crippen LogP contribution in [0.15, 0.2) is 77.4 Å². The molecule has 0 radical (unpaired) electrons. The summed E-state index contributed by atoms with van der Waals surface area (Å²) in [6.07, 6.45) is 0.484. The van der Waals surface area contributed by atoms with Gasteiger partial charge in [-0.3, -0.25) is 9.59 Å². The largest absolute Gasteiger partial charge is 0.459 e. The Kier molecular flexibility index (Phi) is 6.64. The molecule has 154 valence electrons. The van der Waals surface area contributed by atoms with E-state index in [0.717, 1.165) is 5.56 Å². The number of hydrogen-bond acceptors (Lipinski definition) is 5. The molecule has 2 aromatic carbocycles. The summed E-state index contributed by atoms with van der Waals surface area (Å²) in [4.78, 5) is 38.3. The first kappa shape index (κ1) is 20.9. The van der Waals surface area contributed by atoms with Crippen LogP contribution in [0.2, 0.25) is 0 Å². The molecule has 7 nitrogen and oxygen atoms in total. The highest BCUT2D eigenvalue weighted by atomic mass is 16.5. The van der Waals surface area contributed by atoms with Crippen LogP contribution in [0.1, 0.15) is 33.4 Å². The Balaban J connectivity index is 1.54. The minimum absolute atomic E-state index is 0.186. The zero-order chi connectivity index (χ0) is 21.5. The molecule has 0 spiro atoms. The van der Waals surface area contributed by atoms with E-state index >= 15 is 0 Å². The van der Waals surface area contributed by atoms with E-state index in [1.165, 1.54) is 23.3 Å². The Labute approximate surface area is 174 Å². The Bertz CT molecular complexity index is 998. The Hall–Kier alpha value is -3.87. The first-order valence-corrected chi connectivity index (χ1v) is 9.39. The summed E-state index contributed by atoms with van der Waals surface area (Å²) in [6, 6.07) is 18.9. The lowest BCUT2D eigenvalue weighted by Gasteiger charge is -2.21. The lowest BCUT2D eigenvalue weighted by molar-refractivity contribution is -0.139. The molecule has 0 aliphatic carbocycles. The number of esters is 1. The summed E-state index contributed by atoms with van der Waals surface area (Å²) in [7, 11) is 1.66. The van der Waals surface area contributed by atoms with Gasteiger partial charge in [0.2, 0.25) is 0 Å². The van der Waals surface area contributed by atoms with E-state index in [2.05, 4.69) is 5.32 Å². The number of carbonyl (C=O) groups is 3. The molecule has 1 heterocycles. The smallest absolute Gasteiger partial charge is 0.338 e. The maximum absolute atomic E-state index is 12.5. The van der Waals surface area contributed by atoms with Gasteiger partial charge in [0, 0.05) is 19.3 Å². The van der Waals surface area contributed by atoms with Gasteiger partial charge in [0.15, 0.2) is 11.9 Å². The van der Waals surface area contributed by atoms with Gasteiger partial charge in [-0.1, -0.05) is 30.3 Å². The molecule has 2 amide bonds. The molecular weight excluding hydrogens is 384 g/mol. The van der Waals surface area contributed by atoms with E-state index in [4.69, 9.17) is 9.15 Å². The summed E-state index contributed by atoms with van der Waals surface area (Å²) < 4.78 is 10.3. The maximum atomic E-state index is 12.5. The molecule has 0 unspecified atom stereocenters. The van der Waals surface area contributed by atoms with E-state index in [0.29, 0.717) is 12.2 Å². The van der Waals surface area contributed by atoms with Crippen LogP contribution in [0.25, 0.3) is 0 Å². The Morgan fingerprint density at radius 3 is 2.33 bits per heavy atom. The highest BCUT2D eigenvalue weighted by Crippen LogP contribution is 2.14. The fourth-order valence-electron chi connectivity index (χ4n) is 2.81. The predicted octanol–water partition coefficient (Wildman–Crippen LogP) is 3.74. The van der Waals surface area contributed by atoms with Gasteiger partial charge < -0.3 is 19.4 Å². The SMILES string of the molecule is C[C@H](OC(=O)c1ccc(NC(=O)c2ccco2)cc1)C(=O)N(C)Cc1ccccc1. The van der Waals surface area contributed by atoms with Crippen molar-refractivity contribution >= 4 is 23.5 Å². The van der Waals surface area contributed by atoms with Crippen LogP contribution in [-0.2, 0) is 16.1 Å². The number of hydrogen-bond donors (Lipinski definition) is 1. The second-order valence-electron chi connectivity index (χ2n) is 6.74. The van der Waals surface area contributed by atoms with Gasteiger partial charge >= 0.3 is 5.97 Å². The highest BCUT2D eigenvalue weighted by Gasteiger charge is 2.22.